The first-order valence-corrected chi connectivity index (χ1v) is 13.3. The van der Waals surface area contributed by atoms with Crippen LogP contribution in [0.15, 0.2) is 84.9 Å². The zero-order chi connectivity index (χ0) is 27.1. The molecule has 4 aromatic carbocycles. The third-order valence-corrected chi connectivity index (χ3v) is 7.51. The van der Waals surface area contributed by atoms with Gasteiger partial charge in [0.1, 0.15) is 11.6 Å². The third kappa shape index (κ3) is 4.28. The van der Waals surface area contributed by atoms with Gasteiger partial charge in [0.25, 0.3) is 0 Å². The predicted molar refractivity (Wildman–Crippen MR) is 156 cm³/mol. The van der Waals surface area contributed by atoms with Crippen LogP contribution in [-0.4, -0.2) is 30.2 Å². The lowest BCUT2D eigenvalue weighted by atomic mass is 9.98. The van der Waals surface area contributed by atoms with Crippen LogP contribution in [0.25, 0.3) is 44.6 Å². The Bertz CT molecular complexity index is 1840. The number of carboxylic acid groups (broad SMARTS) is 1. The normalized spacial score (nSPS) is 11.5. The van der Waals surface area contributed by atoms with Gasteiger partial charge in [0.15, 0.2) is 0 Å². The Morgan fingerprint density at radius 3 is 2.33 bits per heavy atom. The van der Waals surface area contributed by atoms with Gasteiger partial charge in [-0.2, -0.15) is 0 Å². The van der Waals surface area contributed by atoms with Crippen molar-refractivity contribution < 1.29 is 9.90 Å². The molecule has 6 heteroatoms. The minimum atomic E-state index is -0.921. The molecule has 2 aromatic heterocycles. The summed E-state index contributed by atoms with van der Waals surface area (Å²) >= 11 is 0. The highest BCUT2D eigenvalue weighted by atomic mass is 16.4. The van der Waals surface area contributed by atoms with Crippen molar-refractivity contribution in [2.24, 2.45) is 7.05 Å². The number of para-hydroxylation sites is 2. The van der Waals surface area contributed by atoms with Gasteiger partial charge in [-0.25, -0.2) is 14.8 Å². The summed E-state index contributed by atoms with van der Waals surface area (Å²) in [5.74, 6) is 1.09. The molecule has 0 saturated heterocycles. The molecule has 0 spiro atoms. The van der Waals surface area contributed by atoms with Gasteiger partial charge in [-0.1, -0.05) is 61.5 Å². The van der Waals surface area contributed by atoms with Gasteiger partial charge in [-0.15, -0.1) is 0 Å². The number of aryl methyl sites for hydroxylation is 3. The standard InChI is InChI=1S/C33H30N4O2/c1-4-9-30-34-28-19-18-24(32-35-27-12-7-8-13-29(27)36(32)3)21(2)31(28)37(30)20-22-14-16-23(17-15-22)25-10-5-6-11-26(25)33(38)39/h5-8,10-19H,4,9,20H2,1-3H3,(H,38,39). The molecule has 0 aliphatic heterocycles. The van der Waals surface area contributed by atoms with E-state index in [2.05, 4.69) is 66.4 Å². The number of carbonyl (C=O) groups is 1. The van der Waals surface area contributed by atoms with E-state index in [-0.39, 0.29) is 0 Å². The van der Waals surface area contributed by atoms with E-state index in [9.17, 15) is 9.90 Å². The first kappa shape index (κ1) is 24.6. The number of hydrogen-bond donors (Lipinski definition) is 1. The van der Waals surface area contributed by atoms with Gasteiger partial charge < -0.3 is 14.2 Å². The molecule has 6 nitrogen and oxygen atoms in total. The molecule has 0 bridgehead atoms. The number of aromatic nitrogens is 4. The van der Waals surface area contributed by atoms with Crippen molar-refractivity contribution >= 4 is 28.0 Å². The number of aromatic carboxylic acids is 1. The van der Waals surface area contributed by atoms with Crippen LogP contribution in [0, 0.1) is 6.92 Å². The third-order valence-electron chi connectivity index (χ3n) is 7.51. The van der Waals surface area contributed by atoms with Crippen molar-refractivity contribution in [1.29, 1.82) is 0 Å². The smallest absolute Gasteiger partial charge is 0.336 e. The molecule has 0 unspecified atom stereocenters. The van der Waals surface area contributed by atoms with Crippen LogP contribution in [0.5, 0.6) is 0 Å². The minimum Gasteiger partial charge on any atom is -0.478 e. The molecule has 1 N–H and O–H groups in total. The van der Waals surface area contributed by atoms with Crippen LogP contribution < -0.4 is 0 Å². The molecule has 39 heavy (non-hydrogen) atoms. The van der Waals surface area contributed by atoms with E-state index in [1.54, 1.807) is 12.1 Å². The molecule has 0 radical (unpaired) electrons. The molecule has 194 valence electrons. The Kier molecular flexibility index (Phi) is 6.23. The first-order chi connectivity index (χ1) is 19.0. The van der Waals surface area contributed by atoms with E-state index in [1.165, 1.54) is 0 Å². The van der Waals surface area contributed by atoms with E-state index in [0.29, 0.717) is 12.1 Å². The fraction of sp³-hybridized carbons (Fsp3) is 0.182. The van der Waals surface area contributed by atoms with Crippen LogP contribution in [-0.2, 0) is 20.0 Å². The summed E-state index contributed by atoms with van der Waals surface area (Å²) in [6, 6.07) is 27.8. The second kappa shape index (κ2) is 9.87. The summed E-state index contributed by atoms with van der Waals surface area (Å²) in [7, 11) is 2.07. The van der Waals surface area contributed by atoms with E-state index in [4.69, 9.17) is 9.97 Å². The molecular weight excluding hydrogens is 484 g/mol. The predicted octanol–water partition coefficient (Wildman–Crippen LogP) is 7.26. The maximum atomic E-state index is 11.7. The van der Waals surface area contributed by atoms with Crippen molar-refractivity contribution in [1.82, 2.24) is 19.1 Å². The topological polar surface area (TPSA) is 72.9 Å². The summed E-state index contributed by atoms with van der Waals surface area (Å²) in [5, 5.41) is 9.61. The van der Waals surface area contributed by atoms with Gasteiger partial charge in [0.2, 0.25) is 0 Å². The van der Waals surface area contributed by atoms with Crippen LogP contribution in [0.2, 0.25) is 0 Å². The molecule has 0 amide bonds. The van der Waals surface area contributed by atoms with E-state index in [1.807, 2.05) is 36.4 Å². The van der Waals surface area contributed by atoms with Crippen LogP contribution in [0.3, 0.4) is 0 Å². The molecule has 0 fully saturated rings. The second-order valence-corrected chi connectivity index (χ2v) is 10.0. The number of fused-ring (bicyclic) bond motifs is 2. The number of hydrogen-bond acceptors (Lipinski definition) is 3. The largest absolute Gasteiger partial charge is 0.478 e. The molecular formula is C33H30N4O2. The highest BCUT2D eigenvalue weighted by Gasteiger charge is 2.19. The van der Waals surface area contributed by atoms with Crippen LogP contribution in [0.4, 0.5) is 0 Å². The SMILES string of the molecule is CCCc1nc2ccc(-c3nc4ccccc4n3C)c(C)c2n1Cc1ccc(-c2ccccc2C(=O)O)cc1. The lowest BCUT2D eigenvalue weighted by molar-refractivity contribution is 0.0697. The summed E-state index contributed by atoms with van der Waals surface area (Å²) in [6.45, 7) is 5.02. The van der Waals surface area contributed by atoms with E-state index in [0.717, 1.165) is 74.4 Å². The number of carboxylic acids is 1. The Labute approximate surface area is 227 Å². The van der Waals surface area contributed by atoms with E-state index < -0.39 is 5.97 Å². The molecule has 0 saturated carbocycles. The van der Waals surface area contributed by atoms with Crippen LogP contribution in [0.1, 0.15) is 40.7 Å². The number of imidazole rings is 2. The number of rotatable bonds is 7. The summed E-state index contributed by atoms with van der Waals surface area (Å²) in [4.78, 5) is 21.7. The number of nitrogens with zero attached hydrogens (tertiary/aromatic N) is 4. The Hall–Kier alpha value is -4.71. The zero-order valence-electron chi connectivity index (χ0n) is 22.3. The fourth-order valence-electron chi connectivity index (χ4n) is 5.55. The monoisotopic (exact) mass is 514 g/mol. The summed E-state index contributed by atoms with van der Waals surface area (Å²) < 4.78 is 4.49. The average Bonchev–Trinajstić information content (AvgIpc) is 3.47. The first-order valence-electron chi connectivity index (χ1n) is 13.3. The second-order valence-electron chi connectivity index (χ2n) is 10.0. The van der Waals surface area contributed by atoms with Crippen molar-refractivity contribution in [2.75, 3.05) is 0 Å². The lowest BCUT2D eigenvalue weighted by Crippen LogP contribution is -2.06. The molecule has 0 aliphatic carbocycles. The Morgan fingerprint density at radius 2 is 1.59 bits per heavy atom. The summed E-state index contributed by atoms with van der Waals surface area (Å²) in [5.41, 5.74) is 9.53. The lowest BCUT2D eigenvalue weighted by Gasteiger charge is -2.14. The zero-order valence-corrected chi connectivity index (χ0v) is 22.3. The summed E-state index contributed by atoms with van der Waals surface area (Å²) in [6.07, 6.45) is 1.89. The Balaban J connectivity index is 1.43. The van der Waals surface area contributed by atoms with Crippen molar-refractivity contribution in [3.63, 3.8) is 0 Å². The van der Waals surface area contributed by atoms with Gasteiger partial charge in [0.05, 0.1) is 27.6 Å². The Morgan fingerprint density at radius 1 is 0.846 bits per heavy atom. The highest BCUT2D eigenvalue weighted by Crippen LogP contribution is 2.33. The molecule has 2 heterocycles. The average molecular weight is 515 g/mol. The van der Waals surface area contributed by atoms with Crippen molar-refractivity contribution in [2.45, 2.75) is 33.2 Å². The molecule has 6 rings (SSSR count). The van der Waals surface area contributed by atoms with Crippen LogP contribution >= 0.6 is 0 Å². The minimum absolute atomic E-state index is 0.307. The van der Waals surface area contributed by atoms with E-state index >= 15 is 0 Å². The number of benzene rings is 4. The molecule has 0 aliphatic rings. The highest BCUT2D eigenvalue weighted by molar-refractivity contribution is 5.96. The van der Waals surface area contributed by atoms with Crippen molar-refractivity contribution in [3.8, 4) is 22.5 Å². The maximum absolute atomic E-state index is 11.7. The van der Waals surface area contributed by atoms with Gasteiger partial charge in [-0.3, -0.25) is 0 Å². The van der Waals surface area contributed by atoms with Gasteiger partial charge >= 0.3 is 5.97 Å². The van der Waals surface area contributed by atoms with Gasteiger partial charge in [-0.05, 0) is 65.9 Å². The fourth-order valence-corrected chi connectivity index (χ4v) is 5.55. The van der Waals surface area contributed by atoms with Gasteiger partial charge in [0, 0.05) is 25.6 Å². The quantitative estimate of drug-likeness (QED) is 0.243. The van der Waals surface area contributed by atoms with Crippen molar-refractivity contribution in [3.05, 3.63) is 107 Å². The molecule has 0 atom stereocenters. The molecule has 6 aromatic rings. The maximum Gasteiger partial charge on any atom is 0.336 e.